The van der Waals surface area contributed by atoms with Gasteiger partial charge in [-0.15, -0.1) is 0 Å². The Kier molecular flexibility index (Phi) is 4.54. The Morgan fingerprint density at radius 3 is 2.29 bits per heavy atom. The lowest BCUT2D eigenvalue weighted by atomic mass is 10.1. The number of amides is 1. The normalized spacial score (nSPS) is 13.1. The molecule has 1 amide bonds. The fourth-order valence-electron chi connectivity index (χ4n) is 1.35. The maximum Gasteiger partial charge on any atom is 0.261 e. The Morgan fingerprint density at radius 2 is 1.88 bits per heavy atom. The van der Waals surface area contributed by atoms with Gasteiger partial charge in [0.2, 0.25) is 5.91 Å². The third kappa shape index (κ3) is 4.02. The van der Waals surface area contributed by atoms with Crippen LogP contribution in [0.5, 0.6) is 0 Å². The first-order valence-corrected chi connectivity index (χ1v) is 7.49. The van der Waals surface area contributed by atoms with Gasteiger partial charge < -0.3 is 5.32 Å². The molecule has 1 N–H and O–H groups in total. The van der Waals surface area contributed by atoms with Crippen molar-refractivity contribution in [2.24, 2.45) is 0 Å². The van der Waals surface area contributed by atoms with E-state index in [9.17, 15) is 13.2 Å². The predicted molar refractivity (Wildman–Crippen MR) is 66.3 cm³/mol. The first kappa shape index (κ1) is 14.0. The molecule has 0 aliphatic rings. The molecule has 94 valence electrons. The van der Waals surface area contributed by atoms with Gasteiger partial charge in [-0.2, -0.15) is 0 Å². The van der Waals surface area contributed by atoms with Gasteiger partial charge in [0.25, 0.3) is 9.05 Å². The van der Waals surface area contributed by atoms with Gasteiger partial charge in [0.1, 0.15) is 0 Å². The zero-order valence-corrected chi connectivity index (χ0v) is 11.2. The van der Waals surface area contributed by atoms with Crippen molar-refractivity contribution in [2.45, 2.75) is 31.2 Å². The second-order valence-corrected chi connectivity index (χ2v) is 6.22. The lowest BCUT2D eigenvalue weighted by Crippen LogP contribution is -2.25. The van der Waals surface area contributed by atoms with Crippen molar-refractivity contribution < 1.29 is 13.2 Å². The first-order valence-electron chi connectivity index (χ1n) is 5.18. The van der Waals surface area contributed by atoms with Crippen LogP contribution in [0.15, 0.2) is 29.2 Å². The number of benzene rings is 1. The lowest BCUT2D eigenvalue weighted by molar-refractivity contribution is -0.121. The summed E-state index contributed by atoms with van der Waals surface area (Å²) >= 11 is 0. The van der Waals surface area contributed by atoms with E-state index < -0.39 is 9.05 Å². The van der Waals surface area contributed by atoms with E-state index in [1.807, 2.05) is 6.92 Å². The quantitative estimate of drug-likeness (QED) is 0.857. The monoisotopic (exact) mass is 275 g/mol. The van der Waals surface area contributed by atoms with Gasteiger partial charge in [-0.05, 0) is 24.6 Å². The van der Waals surface area contributed by atoms with Gasteiger partial charge in [-0.3, -0.25) is 4.79 Å². The van der Waals surface area contributed by atoms with Crippen molar-refractivity contribution in [1.82, 2.24) is 5.32 Å². The number of hydrogen-bond acceptors (Lipinski definition) is 3. The van der Waals surface area contributed by atoms with Crippen molar-refractivity contribution in [1.29, 1.82) is 0 Å². The minimum absolute atomic E-state index is 0.0495. The van der Waals surface area contributed by atoms with Gasteiger partial charge in [0.15, 0.2) is 0 Å². The molecule has 0 aliphatic heterocycles. The summed E-state index contributed by atoms with van der Waals surface area (Å²) in [7, 11) is 1.51. The number of carbonyl (C=O) groups is 1. The molecular weight excluding hydrogens is 262 g/mol. The number of rotatable bonds is 4. The molecule has 17 heavy (non-hydrogen) atoms. The van der Waals surface area contributed by atoms with Crippen LogP contribution in [0.4, 0.5) is 0 Å². The van der Waals surface area contributed by atoms with Gasteiger partial charge in [-0.25, -0.2) is 8.42 Å². The van der Waals surface area contributed by atoms with Crippen molar-refractivity contribution >= 4 is 25.6 Å². The maximum atomic E-state index is 11.2. The molecule has 0 bridgehead atoms. The van der Waals surface area contributed by atoms with E-state index in [4.69, 9.17) is 10.7 Å². The smallest absolute Gasteiger partial charge is 0.261 e. The van der Waals surface area contributed by atoms with E-state index >= 15 is 0 Å². The van der Waals surface area contributed by atoms with E-state index in [1.165, 1.54) is 12.1 Å². The number of nitrogens with one attached hydrogen (secondary N) is 1. The summed E-state index contributed by atoms with van der Waals surface area (Å²) in [5.74, 6) is -0.0495. The maximum absolute atomic E-state index is 11.2. The van der Waals surface area contributed by atoms with Crippen molar-refractivity contribution in [3.8, 4) is 0 Å². The molecule has 0 aromatic heterocycles. The fourth-order valence-corrected chi connectivity index (χ4v) is 2.12. The molecule has 0 aliphatic carbocycles. The molecule has 0 spiro atoms. The summed E-state index contributed by atoms with van der Waals surface area (Å²) in [6, 6.07) is 5.96. The SMILES string of the molecule is CCC(=O)NC(C)c1ccc(S(=O)(=O)Cl)cc1. The van der Waals surface area contributed by atoms with Crippen LogP contribution in [0.2, 0.25) is 0 Å². The first-order chi connectivity index (χ1) is 7.84. The Morgan fingerprint density at radius 1 is 1.35 bits per heavy atom. The molecule has 0 saturated carbocycles. The number of halogens is 1. The topological polar surface area (TPSA) is 63.2 Å². The molecule has 0 fully saturated rings. The highest BCUT2D eigenvalue weighted by molar-refractivity contribution is 8.13. The Hall–Kier alpha value is -1.07. The molecule has 0 saturated heterocycles. The Balaban J connectivity index is 2.84. The molecule has 1 aromatic carbocycles. The Labute approximate surface area is 105 Å². The fraction of sp³-hybridized carbons (Fsp3) is 0.364. The van der Waals surface area contributed by atoms with Crippen molar-refractivity contribution in [3.05, 3.63) is 29.8 Å². The zero-order chi connectivity index (χ0) is 13.1. The standard InChI is InChI=1S/C11H14ClNO3S/c1-3-11(14)13-8(2)9-4-6-10(7-5-9)17(12,15)16/h4-8H,3H2,1-2H3,(H,13,14). The molecule has 1 unspecified atom stereocenters. The summed E-state index contributed by atoms with van der Waals surface area (Å²) in [6.45, 7) is 3.60. The molecule has 1 rings (SSSR count). The van der Waals surface area contributed by atoms with E-state index in [2.05, 4.69) is 5.32 Å². The van der Waals surface area contributed by atoms with E-state index in [0.717, 1.165) is 5.56 Å². The molecular formula is C11H14ClNO3S. The summed E-state index contributed by atoms with van der Waals surface area (Å²) in [5.41, 5.74) is 0.830. The third-order valence-corrected chi connectivity index (χ3v) is 3.73. The minimum atomic E-state index is -3.69. The largest absolute Gasteiger partial charge is 0.350 e. The van der Waals surface area contributed by atoms with Crippen LogP contribution in [-0.4, -0.2) is 14.3 Å². The van der Waals surface area contributed by atoms with Crippen LogP contribution in [0.25, 0.3) is 0 Å². The molecule has 1 aromatic rings. The van der Waals surface area contributed by atoms with E-state index in [1.54, 1.807) is 19.1 Å². The average Bonchev–Trinajstić information content (AvgIpc) is 2.27. The van der Waals surface area contributed by atoms with Crippen LogP contribution in [0, 0.1) is 0 Å². The number of carbonyl (C=O) groups excluding carboxylic acids is 1. The highest BCUT2D eigenvalue weighted by atomic mass is 35.7. The lowest BCUT2D eigenvalue weighted by Gasteiger charge is -2.13. The molecule has 0 heterocycles. The molecule has 0 radical (unpaired) electrons. The van der Waals surface area contributed by atoms with E-state index in [0.29, 0.717) is 6.42 Å². The van der Waals surface area contributed by atoms with Gasteiger partial charge in [-0.1, -0.05) is 19.1 Å². The summed E-state index contributed by atoms with van der Waals surface area (Å²) in [6.07, 6.45) is 0.415. The summed E-state index contributed by atoms with van der Waals surface area (Å²) in [4.78, 5) is 11.2. The molecule has 4 nitrogen and oxygen atoms in total. The highest BCUT2D eigenvalue weighted by Gasteiger charge is 2.12. The van der Waals surface area contributed by atoms with E-state index in [-0.39, 0.29) is 16.8 Å². The third-order valence-electron chi connectivity index (χ3n) is 2.36. The van der Waals surface area contributed by atoms with Crippen LogP contribution in [-0.2, 0) is 13.8 Å². The second kappa shape index (κ2) is 5.51. The van der Waals surface area contributed by atoms with Crippen LogP contribution >= 0.6 is 10.7 Å². The van der Waals surface area contributed by atoms with Gasteiger partial charge in [0.05, 0.1) is 10.9 Å². The summed E-state index contributed by atoms with van der Waals surface area (Å²) in [5, 5.41) is 2.78. The van der Waals surface area contributed by atoms with Crippen LogP contribution in [0.3, 0.4) is 0 Å². The zero-order valence-electron chi connectivity index (χ0n) is 9.60. The Bertz CT molecular complexity index is 496. The molecule has 6 heteroatoms. The highest BCUT2D eigenvalue weighted by Crippen LogP contribution is 2.18. The predicted octanol–water partition coefficient (Wildman–Crippen LogP) is 2.20. The molecule has 1 atom stereocenters. The average molecular weight is 276 g/mol. The number of hydrogen-bond donors (Lipinski definition) is 1. The van der Waals surface area contributed by atoms with Crippen LogP contribution in [0.1, 0.15) is 31.9 Å². The van der Waals surface area contributed by atoms with Crippen LogP contribution < -0.4 is 5.32 Å². The van der Waals surface area contributed by atoms with Crippen molar-refractivity contribution in [2.75, 3.05) is 0 Å². The minimum Gasteiger partial charge on any atom is -0.350 e. The van der Waals surface area contributed by atoms with Crippen molar-refractivity contribution in [3.63, 3.8) is 0 Å². The second-order valence-electron chi connectivity index (χ2n) is 3.65. The van der Waals surface area contributed by atoms with Gasteiger partial charge >= 0.3 is 0 Å². The van der Waals surface area contributed by atoms with Gasteiger partial charge in [0, 0.05) is 17.1 Å². The summed E-state index contributed by atoms with van der Waals surface area (Å²) < 4.78 is 22.1.